The van der Waals surface area contributed by atoms with Crippen LogP contribution in [0.1, 0.15) is 59.3 Å². The summed E-state index contributed by atoms with van der Waals surface area (Å²) in [6, 6.07) is 2.24. The summed E-state index contributed by atoms with van der Waals surface area (Å²) in [6.07, 6.45) is 7.31. The lowest BCUT2D eigenvalue weighted by molar-refractivity contribution is 0.231. The summed E-state index contributed by atoms with van der Waals surface area (Å²) in [6.45, 7) is 9.10. The normalized spacial score (nSPS) is 25.5. The van der Waals surface area contributed by atoms with Gasteiger partial charge in [-0.1, -0.05) is 40.0 Å². The topological polar surface area (TPSA) is 35.8 Å². The summed E-state index contributed by atoms with van der Waals surface area (Å²) < 4.78 is 0. The Morgan fingerprint density at radius 1 is 1.29 bits per heavy atom. The minimum atomic E-state index is 0.258. The van der Waals surface area contributed by atoms with Crippen LogP contribution in [0, 0.1) is 28.6 Å². The van der Waals surface area contributed by atoms with E-state index in [1.807, 2.05) is 0 Å². The molecule has 2 heteroatoms. The van der Waals surface area contributed by atoms with Crippen LogP contribution in [0.15, 0.2) is 0 Å². The van der Waals surface area contributed by atoms with Crippen molar-refractivity contribution in [2.24, 2.45) is 17.3 Å². The lowest BCUT2D eigenvalue weighted by atomic mass is 9.80. The van der Waals surface area contributed by atoms with Crippen LogP contribution in [0.5, 0.6) is 0 Å². The van der Waals surface area contributed by atoms with Gasteiger partial charge in [-0.3, -0.25) is 0 Å². The van der Waals surface area contributed by atoms with E-state index in [0.717, 1.165) is 31.3 Å². The summed E-state index contributed by atoms with van der Waals surface area (Å²) in [4.78, 5) is 0. The van der Waals surface area contributed by atoms with Crippen molar-refractivity contribution in [3.8, 4) is 6.07 Å². The number of nitriles is 1. The third-order valence-corrected chi connectivity index (χ3v) is 4.21. The van der Waals surface area contributed by atoms with Crippen LogP contribution in [0.2, 0.25) is 0 Å². The highest BCUT2D eigenvalue weighted by Crippen LogP contribution is 2.29. The number of rotatable bonds is 6. The number of hydrogen-bond acceptors (Lipinski definition) is 2. The van der Waals surface area contributed by atoms with Crippen LogP contribution in [-0.4, -0.2) is 13.1 Å². The zero-order valence-corrected chi connectivity index (χ0v) is 11.8. The highest BCUT2D eigenvalue weighted by atomic mass is 14.9. The van der Waals surface area contributed by atoms with Gasteiger partial charge in [0.15, 0.2) is 0 Å². The zero-order chi connectivity index (χ0) is 12.7. The van der Waals surface area contributed by atoms with Gasteiger partial charge in [0.25, 0.3) is 0 Å². The zero-order valence-electron chi connectivity index (χ0n) is 11.8. The lowest BCUT2D eigenvalue weighted by Crippen LogP contribution is -2.35. The van der Waals surface area contributed by atoms with Crippen molar-refractivity contribution in [1.82, 2.24) is 5.32 Å². The molecule has 0 saturated heterocycles. The molecule has 0 aromatic heterocycles. The fraction of sp³-hybridized carbons (Fsp3) is 0.933. The van der Waals surface area contributed by atoms with E-state index in [1.54, 1.807) is 0 Å². The van der Waals surface area contributed by atoms with Gasteiger partial charge in [-0.2, -0.15) is 5.26 Å². The highest BCUT2D eigenvalue weighted by molar-refractivity contribution is 4.80. The van der Waals surface area contributed by atoms with Crippen LogP contribution >= 0.6 is 0 Å². The molecule has 1 rings (SSSR count). The minimum Gasteiger partial charge on any atom is -0.316 e. The summed E-state index contributed by atoms with van der Waals surface area (Å²) >= 11 is 0. The van der Waals surface area contributed by atoms with Crippen molar-refractivity contribution >= 4 is 0 Å². The van der Waals surface area contributed by atoms with Crippen molar-refractivity contribution in [3.63, 3.8) is 0 Å². The predicted molar refractivity (Wildman–Crippen MR) is 72.6 cm³/mol. The molecule has 0 aromatic carbocycles. The molecule has 0 spiro atoms. The Morgan fingerprint density at radius 3 is 2.65 bits per heavy atom. The smallest absolute Gasteiger partial charge is 0.0621 e. The van der Waals surface area contributed by atoms with Crippen LogP contribution in [0.4, 0.5) is 0 Å². The minimum absolute atomic E-state index is 0.258. The molecular weight excluding hydrogens is 208 g/mol. The second-order valence-corrected chi connectivity index (χ2v) is 6.48. The van der Waals surface area contributed by atoms with Gasteiger partial charge in [0.05, 0.1) is 6.07 Å². The molecule has 1 aliphatic carbocycles. The Kier molecular flexibility index (Phi) is 5.98. The Morgan fingerprint density at radius 2 is 2.00 bits per heavy atom. The Bertz CT molecular complexity index is 252. The van der Waals surface area contributed by atoms with Crippen molar-refractivity contribution in [2.45, 2.75) is 59.3 Å². The van der Waals surface area contributed by atoms with Gasteiger partial charge in [-0.25, -0.2) is 0 Å². The fourth-order valence-corrected chi connectivity index (χ4v) is 2.77. The van der Waals surface area contributed by atoms with E-state index in [-0.39, 0.29) is 5.41 Å². The van der Waals surface area contributed by atoms with Gasteiger partial charge in [-0.15, -0.1) is 0 Å². The van der Waals surface area contributed by atoms with E-state index >= 15 is 0 Å². The Balaban J connectivity index is 2.20. The third kappa shape index (κ3) is 5.55. The standard InChI is InChI=1S/C15H28N2/c1-13-7-4-5-8-14(13)11-17-12-15(2,3)9-6-10-16/h13-14,17H,4-9,11-12H2,1-3H3. The molecule has 0 aromatic rings. The SMILES string of the molecule is CC1CCCCC1CNCC(C)(C)CCC#N. The molecular formula is C15H28N2. The van der Waals surface area contributed by atoms with Crippen molar-refractivity contribution in [1.29, 1.82) is 5.26 Å². The van der Waals surface area contributed by atoms with Crippen molar-refractivity contribution in [3.05, 3.63) is 0 Å². The second-order valence-electron chi connectivity index (χ2n) is 6.48. The van der Waals surface area contributed by atoms with Crippen LogP contribution < -0.4 is 5.32 Å². The fourth-order valence-electron chi connectivity index (χ4n) is 2.77. The summed E-state index contributed by atoms with van der Waals surface area (Å²) in [5.74, 6) is 1.76. The van der Waals surface area contributed by atoms with Gasteiger partial charge in [0.2, 0.25) is 0 Å². The molecule has 1 N–H and O–H groups in total. The molecule has 98 valence electrons. The third-order valence-electron chi connectivity index (χ3n) is 4.21. The van der Waals surface area contributed by atoms with Gasteiger partial charge in [0, 0.05) is 13.0 Å². The largest absolute Gasteiger partial charge is 0.316 e. The predicted octanol–water partition coefficient (Wildman–Crippen LogP) is 3.73. The van der Waals surface area contributed by atoms with E-state index in [0.29, 0.717) is 6.42 Å². The quantitative estimate of drug-likeness (QED) is 0.762. The maximum Gasteiger partial charge on any atom is 0.0621 e. The maximum atomic E-state index is 8.62. The molecule has 17 heavy (non-hydrogen) atoms. The maximum absolute atomic E-state index is 8.62. The number of nitrogens with zero attached hydrogens (tertiary/aromatic N) is 1. The molecule has 0 aliphatic heterocycles. The van der Waals surface area contributed by atoms with Gasteiger partial charge in [0.1, 0.15) is 0 Å². The van der Waals surface area contributed by atoms with Gasteiger partial charge in [-0.05, 0) is 36.6 Å². The van der Waals surface area contributed by atoms with E-state index < -0.39 is 0 Å². The molecule has 1 aliphatic rings. The molecule has 2 nitrogen and oxygen atoms in total. The average Bonchev–Trinajstić information content (AvgIpc) is 2.29. The molecule has 1 saturated carbocycles. The monoisotopic (exact) mass is 236 g/mol. The lowest BCUT2D eigenvalue weighted by Gasteiger charge is -2.31. The second kappa shape index (κ2) is 7.01. The van der Waals surface area contributed by atoms with Crippen molar-refractivity contribution < 1.29 is 0 Å². The Hall–Kier alpha value is -0.550. The first-order chi connectivity index (χ1) is 8.05. The molecule has 2 atom stereocenters. The molecule has 0 amide bonds. The first-order valence-electron chi connectivity index (χ1n) is 7.13. The first-order valence-corrected chi connectivity index (χ1v) is 7.13. The van der Waals surface area contributed by atoms with E-state index in [1.165, 1.54) is 25.7 Å². The highest BCUT2D eigenvalue weighted by Gasteiger charge is 2.22. The van der Waals surface area contributed by atoms with Crippen molar-refractivity contribution in [2.75, 3.05) is 13.1 Å². The van der Waals surface area contributed by atoms with Crippen LogP contribution in [0.3, 0.4) is 0 Å². The van der Waals surface area contributed by atoms with Gasteiger partial charge >= 0.3 is 0 Å². The van der Waals surface area contributed by atoms with E-state index in [9.17, 15) is 0 Å². The molecule has 2 unspecified atom stereocenters. The molecule has 1 fully saturated rings. The molecule has 0 radical (unpaired) electrons. The Labute approximate surface area is 107 Å². The van der Waals surface area contributed by atoms with E-state index in [2.05, 4.69) is 32.2 Å². The number of nitrogens with one attached hydrogen (secondary N) is 1. The summed E-state index contributed by atoms with van der Waals surface area (Å²) in [5.41, 5.74) is 0.258. The van der Waals surface area contributed by atoms with Crippen LogP contribution in [0.25, 0.3) is 0 Å². The summed E-state index contributed by atoms with van der Waals surface area (Å²) in [7, 11) is 0. The average molecular weight is 236 g/mol. The number of hydrogen-bond donors (Lipinski definition) is 1. The first kappa shape index (κ1) is 14.5. The van der Waals surface area contributed by atoms with Gasteiger partial charge < -0.3 is 5.32 Å². The van der Waals surface area contributed by atoms with E-state index in [4.69, 9.17) is 5.26 Å². The summed E-state index contributed by atoms with van der Waals surface area (Å²) in [5, 5.41) is 12.2. The molecule has 0 heterocycles. The molecule has 0 bridgehead atoms. The van der Waals surface area contributed by atoms with Crippen LogP contribution in [-0.2, 0) is 0 Å².